The molecule has 0 aliphatic heterocycles. The summed E-state index contributed by atoms with van der Waals surface area (Å²) in [7, 11) is -2.58. The van der Waals surface area contributed by atoms with Gasteiger partial charge in [-0.05, 0) is 61.7 Å². The van der Waals surface area contributed by atoms with Gasteiger partial charge in [-0.25, -0.2) is 8.42 Å². The molecular formula is C28H32ClN3O4S. The third kappa shape index (κ3) is 6.70. The van der Waals surface area contributed by atoms with Crippen LogP contribution in [-0.4, -0.2) is 44.8 Å². The van der Waals surface area contributed by atoms with Crippen LogP contribution in [0.2, 0.25) is 5.02 Å². The van der Waals surface area contributed by atoms with Crippen LogP contribution in [0.3, 0.4) is 0 Å². The molecule has 0 spiro atoms. The van der Waals surface area contributed by atoms with Gasteiger partial charge in [-0.2, -0.15) is 0 Å². The van der Waals surface area contributed by atoms with Crippen LogP contribution >= 0.6 is 11.6 Å². The summed E-state index contributed by atoms with van der Waals surface area (Å²) in [6, 6.07) is 19.6. The van der Waals surface area contributed by atoms with Crippen LogP contribution in [0, 0.1) is 13.8 Å². The summed E-state index contributed by atoms with van der Waals surface area (Å²) >= 11 is 6.03. The third-order valence-electron chi connectivity index (χ3n) is 6.13. The molecule has 1 atom stereocenters. The van der Waals surface area contributed by atoms with Crippen LogP contribution in [0.5, 0.6) is 0 Å². The Balaban J connectivity index is 2.08. The Morgan fingerprint density at radius 1 is 0.973 bits per heavy atom. The predicted molar refractivity (Wildman–Crippen MR) is 147 cm³/mol. The first-order chi connectivity index (χ1) is 17.6. The highest BCUT2D eigenvalue weighted by molar-refractivity contribution is 7.92. The van der Waals surface area contributed by atoms with Gasteiger partial charge in [0.25, 0.3) is 10.0 Å². The zero-order valence-electron chi connectivity index (χ0n) is 21.4. The van der Waals surface area contributed by atoms with Crippen LogP contribution in [0.25, 0.3) is 0 Å². The van der Waals surface area contributed by atoms with E-state index in [9.17, 15) is 18.0 Å². The quantitative estimate of drug-likeness (QED) is 0.403. The van der Waals surface area contributed by atoms with E-state index in [-0.39, 0.29) is 17.3 Å². The van der Waals surface area contributed by atoms with Gasteiger partial charge in [-0.1, -0.05) is 66.6 Å². The Kier molecular flexibility index (Phi) is 9.34. The Bertz CT molecular complexity index is 1350. The van der Waals surface area contributed by atoms with Gasteiger partial charge in [0.2, 0.25) is 11.8 Å². The highest BCUT2D eigenvalue weighted by Crippen LogP contribution is 2.28. The lowest BCUT2D eigenvalue weighted by Crippen LogP contribution is -2.51. The smallest absolute Gasteiger partial charge is 0.264 e. The number of nitrogens with one attached hydrogen (secondary N) is 1. The van der Waals surface area contributed by atoms with Crippen LogP contribution in [-0.2, 0) is 26.2 Å². The number of hydrogen-bond donors (Lipinski definition) is 1. The minimum absolute atomic E-state index is 0.0744. The van der Waals surface area contributed by atoms with Gasteiger partial charge in [0.05, 0.1) is 10.6 Å². The Labute approximate surface area is 224 Å². The molecule has 0 bridgehead atoms. The second-order valence-corrected chi connectivity index (χ2v) is 11.1. The first-order valence-corrected chi connectivity index (χ1v) is 13.8. The number of hydrogen-bond acceptors (Lipinski definition) is 4. The fraction of sp³-hybridized carbons (Fsp3) is 0.286. The molecule has 37 heavy (non-hydrogen) atoms. The van der Waals surface area contributed by atoms with E-state index in [1.807, 2.05) is 32.9 Å². The molecular weight excluding hydrogens is 510 g/mol. The maximum Gasteiger partial charge on any atom is 0.264 e. The predicted octanol–water partition coefficient (Wildman–Crippen LogP) is 4.71. The lowest BCUT2D eigenvalue weighted by atomic mass is 10.1. The standard InChI is InChI=1S/C28H32ClN3O4S/c1-5-25(28(34)30-4)31(18-22-12-14-23(29)15-13-22)27(33)19-32(26-16-11-20(2)17-21(26)3)37(35,36)24-9-7-6-8-10-24/h6-17,25H,5,18-19H2,1-4H3,(H,30,34)/t25-/m1/s1. The van der Waals surface area contributed by atoms with Crippen molar-refractivity contribution in [3.05, 3.63) is 94.5 Å². The third-order valence-corrected chi connectivity index (χ3v) is 8.16. The average molecular weight is 542 g/mol. The van der Waals surface area contributed by atoms with E-state index >= 15 is 0 Å². The molecule has 1 N–H and O–H groups in total. The van der Waals surface area contributed by atoms with Crippen molar-refractivity contribution in [2.75, 3.05) is 17.9 Å². The van der Waals surface area contributed by atoms with Crippen molar-refractivity contribution >= 4 is 39.1 Å². The minimum Gasteiger partial charge on any atom is -0.357 e. The summed E-state index contributed by atoms with van der Waals surface area (Å²) in [5.74, 6) is -0.821. The van der Waals surface area contributed by atoms with Crippen LogP contribution in [0.1, 0.15) is 30.0 Å². The van der Waals surface area contributed by atoms with E-state index in [1.165, 1.54) is 24.1 Å². The molecule has 0 unspecified atom stereocenters. The number of anilines is 1. The average Bonchev–Trinajstić information content (AvgIpc) is 2.88. The van der Waals surface area contributed by atoms with Gasteiger partial charge in [0.1, 0.15) is 12.6 Å². The molecule has 7 nitrogen and oxygen atoms in total. The van der Waals surface area contributed by atoms with E-state index in [0.717, 1.165) is 21.0 Å². The Hall–Kier alpha value is -3.36. The van der Waals surface area contributed by atoms with Crippen LogP contribution in [0.15, 0.2) is 77.7 Å². The number of benzene rings is 3. The number of aryl methyl sites for hydroxylation is 2. The summed E-state index contributed by atoms with van der Waals surface area (Å²) < 4.78 is 28.8. The number of sulfonamides is 1. The van der Waals surface area contributed by atoms with Gasteiger partial charge >= 0.3 is 0 Å². The minimum atomic E-state index is -4.09. The van der Waals surface area contributed by atoms with Crippen molar-refractivity contribution in [3.63, 3.8) is 0 Å². The molecule has 196 valence electrons. The lowest BCUT2D eigenvalue weighted by Gasteiger charge is -2.33. The Morgan fingerprint density at radius 3 is 2.19 bits per heavy atom. The SMILES string of the molecule is CC[C@H](C(=O)NC)N(Cc1ccc(Cl)cc1)C(=O)CN(c1ccc(C)cc1C)S(=O)(=O)c1ccccc1. The molecule has 3 aromatic rings. The maximum atomic E-state index is 13.9. The van der Waals surface area contributed by atoms with Crippen molar-refractivity contribution in [1.82, 2.24) is 10.2 Å². The van der Waals surface area contributed by atoms with E-state index in [1.54, 1.807) is 48.5 Å². The molecule has 3 aromatic carbocycles. The van der Waals surface area contributed by atoms with E-state index < -0.39 is 28.5 Å². The molecule has 0 aromatic heterocycles. The van der Waals surface area contributed by atoms with Gasteiger partial charge in [-0.15, -0.1) is 0 Å². The fourth-order valence-corrected chi connectivity index (χ4v) is 5.82. The first kappa shape index (κ1) is 28.2. The number of halogens is 1. The zero-order valence-corrected chi connectivity index (χ0v) is 23.0. The highest BCUT2D eigenvalue weighted by Gasteiger charge is 2.33. The lowest BCUT2D eigenvalue weighted by molar-refractivity contribution is -0.140. The van der Waals surface area contributed by atoms with Gasteiger partial charge in [-0.3, -0.25) is 13.9 Å². The number of nitrogens with zero attached hydrogens (tertiary/aromatic N) is 2. The largest absolute Gasteiger partial charge is 0.357 e. The molecule has 9 heteroatoms. The van der Waals surface area contributed by atoms with Gasteiger partial charge < -0.3 is 10.2 Å². The van der Waals surface area contributed by atoms with Crippen molar-refractivity contribution < 1.29 is 18.0 Å². The molecule has 0 aliphatic carbocycles. The summed E-state index contributed by atoms with van der Waals surface area (Å²) in [6.45, 7) is 5.19. The molecule has 0 radical (unpaired) electrons. The van der Waals surface area contributed by atoms with E-state index in [2.05, 4.69) is 5.32 Å². The van der Waals surface area contributed by atoms with Crippen molar-refractivity contribution in [1.29, 1.82) is 0 Å². The van der Waals surface area contributed by atoms with Crippen LogP contribution in [0.4, 0.5) is 5.69 Å². The van der Waals surface area contributed by atoms with Crippen molar-refractivity contribution in [2.24, 2.45) is 0 Å². The summed E-state index contributed by atoms with van der Waals surface area (Å²) in [6.07, 6.45) is 0.355. The summed E-state index contributed by atoms with van der Waals surface area (Å²) in [5.41, 5.74) is 2.86. The summed E-state index contributed by atoms with van der Waals surface area (Å²) in [5, 5.41) is 3.17. The molecule has 0 fully saturated rings. The zero-order chi connectivity index (χ0) is 27.2. The molecule has 0 saturated heterocycles. The molecule has 3 rings (SSSR count). The maximum absolute atomic E-state index is 13.9. The topological polar surface area (TPSA) is 86.8 Å². The van der Waals surface area contributed by atoms with Gasteiger partial charge in [0.15, 0.2) is 0 Å². The molecule has 2 amide bonds. The van der Waals surface area contributed by atoms with E-state index in [0.29, 0.717) is 17.1 Å². The number of amides is 2. The fourth-order valence-electron chi connectivity index (χ4n) is 4.19. The highest BCUT2D eigenvalue weighted by atomic mass is 35.5. The van der Waals surface area contributed by atoms with Gasteiger partial charge in [0, 0.05) is 18.6 Å². The monoisotopic (exact) mass is 541 g/mol. The number of carbonyl (C=O) groups is 2. The molecule has 0 saturated carbocycles. The number of likely N-dealkylation sites (N-methyl/N-ethyl adjacent to an activating group) is 1. The molecule has 0 aliphatic rings. The second-order valence-electron chi connectivity index (χ2n) is 8.80. The number of rotatable bonds is 10. The van der Waals surface area contributed by atoms with Crippen molar-refractivity contribution in [2.45, 2.75) is 44.7 Å². The first-order valence-electron chi connectivity index (χ1n) is 12.0. The number of carbonyl (C=O) groups excluding carboxylic acids is 2. The Morgan fingerprint density at radius 2 is 1.62 bits per heavy atom. The van der Waals surface area contributed by atoms with Crippen molar-refractivity contribution in [3.8, 4) is 0 Å². The van der Waals surface area contributed by atoms with E-state index in [4.69, 9.17) is 11.6 Å². The van der Waals surface area contributed by atoms with Crippen LogP contribution < -0.4 is 9.62 Å². The second kappa shape index (κ2) is 12.3. The molecule has 0 heterocycles. The summed E-state index contributed by atoms with van der Waals surface area (Å²) in [4.78, 5) is 28.1. The normalized spacial score (nSPS) is 12.0.